The number of morpholine rings is 1. The van der Waals surface area contributed by atoms with Crippen LogP contribution in [0.5, 0.6) is 11.6 Å². The van der Waals surface area contributed by atoms with Crippen LogP contribution in [0.3, 0.4) is 0 Å². The Labute approximate surface area is 291 Å². The average molecular weight is 712 g/mol. The van der Waals surface area contributed by atoms with Gasteiger partial charge in [0.05, 0.1) is 42.8 Å². The SMILES string of the molecule is C[C@@H](Cn1cncn1)Oc1cc(-c2cnc(Nc3cn(C4CCC(N5[C@@H]6CC[C@H]5COC6)CC4)nc3OCCS(C)(=O)=O)nc2)ccc1Cl. The summed E-state index contributed by atoms with van der Waals surface area (Å²) in [6.07, 6.45) is 16.2. The molecule has 4 aromatic rings. The Kier molecular flexibility index (Phi) is 10.0. The number of benzene rings is 1. The molecule has 1 aromatic carbocycles. The quantitative estimate of drug-likeness (QED) is 0.207. The summed E-state index contributed by atoms with van der Waals surface area (Å²) >= 11 is 6.45. The smallest absolute Gasteiger partial charge is 0.256 e. The highest BCUT2D eigenvalue weighted by Gasteiger charge is 2.42. The summed E-state index contributed by atoms with van der Waals surface area (Å²) in [5.41, 5.74) is 2.21. The Morgan fingerprint density at radius 3 is 2.43 bits per heavy atom. The highest BCUT2D eigenvalue weighted by Crippen LogP contribution is 2.39. The number of hydrogen-bond acceptors (Lipinski definition) is 12. The standard InChI is InChI=1S/C33H42ClN9O5S/c1-22(16-41-21-35-20-38-41)48-31-13-23(3-10-29(31)34)24-14-36-33(37-15-24)39-30-17-42(40-32(30)47-11-12-49(2,44)45)25-4-6-26(7-5-25)43-27-8-9-28(43)19-46-18-27/h3,10,13-15,17,20-22,25-28H,4-9,11-12,16,18-19H2,1-2H3,(H,36,37,39)/t22-,25?,26?,27-,28+/m0/s1. The predicted molar refractivity (Wildman–Crippen MR) is 184 cm³/mol. The van der Waals surface area contributed by atoms with E-state index in [4.69, 9.17) is 30.9 Å². The largest absolute Gasteiger partial charge is 0.487 e. The maximum absolute atomic E-state index is 11.8. The van der Waals surface area contributed by atoms with E-state index in [1.165, 1.54) is 25.4 Å². The zero-order valence-electron chi connectivity index (χ0n) is 27.7. The van der Waals surface area contributed by atoms with Crippen LogP contribution in [-0.4, -0.2) is 104 Å². The van der Waals surface area contributed by atoms with E-state index in [9.17, 15) is 8.42 Å². The molecule has 14 nitrogen and oxygen atoms in total. The first-order valence-electron chi connectivity index (χ1n) is 16.8. The van der Waals surface area contributed by atoms with Gasteiger partial charge in [0, 0.05) is 42.3 Å². The second kappa shape index (κ2) is 14.6. The van der Waals surface area contributed by atoms with Gasteiger partial charge in [-0.2, -0.15) is 5.10 Å². The van der Waals surface area contributed by atoms with E-state index in [0.29, 0.717) is 53.0 Å². The molecule has 2 bridgehead atoms. The van der Waals surface area contributed by atoms with Gasteiger partial charge in [-0.25, -0.2) is 28.1 Å². The second-order valence-electron chi connectivity index (χ2n) is 13.2. The molecule has 1 saturated carbocycles. The molecule has 49 heavy (non-hydrogen) atoms. The predicted octanol–water partition coefficient (Wildman–Crippen LogP) is 4.57. The van der Waals surface area contributed by atoms with Gasteiger partial charge in [-0.3, -0.25) is 9.58 Å². The van der Waals surface area contributed by atoms with Gasteiger partial charge >= 0.3 is 0 Å². The van der Waals surface area contributed by atoms with E-state index >= 15 is 0 Å². The number of nitrogens with zero attached hydrogens (tertiary/aromatic N) is 8. The number of aromatic nitrogens is 7. The molecule has 0 unspecified atom stereocenters. The first-order valence-corrected chi connectivity index (χ1v) is 19.3. The van der Waals surface area contributed by atoms with Gasteiger partial charge in [0.15, 0.2) is 9.84 Å². The third-order valence-corrected chi connectivity index (χ3v) is 10.8. The van der Waals surface area contributed by atoms with Crippen LogP contribution in [0.1, 0.15) is 51.5 Å². The number of sulfone groups is 1. The molecule has 1 aliphatic carbocycles. The minimum absolute atomic E-state index is 0.00467. The van der Waals surface area contributed by atoms with E-state index in [1.54, 1.807) is 29.5 Å². The van der Waals surface area contributed by atoms with Gasteiger partial charge in [0.1, 0.15) is 36.8 Å². The lowest BCUT2D eigenvalue weighted by molar-refractivity contribution is -0.0458. The lowest BCUT2D eigenvalue weighted by Crippen LogP contribution is -2.52. The highest BCUT2D eigenvalue weighted by atomic mass is 35.5. The first kappa shape index (κ1) is 33.7. The van der Waals surface area contributed by atoms with E-state index < -0.39 is 9.84 Å². The maximum Gasteiger partial charge on any atom is 0.256 e. The molecular weight excluding hydrogens is 670 g/mol. The van der Waals surface area contributed by atoms with E-state index in [2.05, 4.69) is 30.3 Å². The molecule has 7 rings (SSSR count). The molecule has 3 fully saturated rings. The topological polar surface area (TPSA) is 151 Å². The van der Waals surface area contributed by atoms with Crippen LogP contribution < -0.4 is 14.8 Å². The summed E-state index contributed by atoms with van der Waals surface area (Å²) in [7, 11) is -3.20. The van der Waals surface area contributed by atoms with Gasteiger partial charge in [0.2, 0.25) is 5.95 Å². The van der Waals surface area contributed by atoms with Gasteiger partial charge in [0.25, 0.3) is 5.88 Å². The van der Waals surface area contributed by atoms with Crippen molar-refractivity contribution in [3.63, 3.8) is 0 Å². The summed E-state index contributed by atoms with van der Waals surface area (Å²) in [5, 5.41) is 12.6. The van der Waals surface area contributed by atoms with Crippen molar-refractivity contribution in [3.8, 4) is 22.8 Å². The second-order valence-corrected chi connectivity index (χ2v) is 15.9. The van der Waals surface area contributed by atoms with Crippen LogP contribution >= 0.6 is 11.6 Å². The number of halogens is 1. The Bertz CT molecular complexity index is 1800. The lowest BCUT2D eigenvalue weighted by Gasteiger charge is -2.43. The van der Waals surface area contributed by atoms with Crippen LogP contribution in [0, 0.1) is 0 Å². The number of anilines is 2. The third-order valence-electron chi connectivity index (χ3n) is 9.55. The van der Waals surface area contributed by atoms with Crippen molar-refractivity contribution in [3.05, 3.63) is 54.5 Å². The molecule has 2 aliphatic heterocycles. The van der Waals surface area contributed by atoms with E-state index in [0.717, 1.165) is 50.0 Å². The molecule has 0 amide bonds. The Hall–Kier alpha value is -3.79. The molecule has 3 aliphatic rings. The Morgan fingerprint density at radius 2 is 1.73 bits per heavy atom. The fourth-order valence-corrected chi connectivity index (χ4v) is 7.75. The van der Waals surface area contributed by atoms with Crippen molar-refractivity contribution >= 4 is 33.1 Å². The van der Waals surface area contributed by atoms with Crippen molar-refractivity contribution in [2.45, 2.75) is 82.3 Å². The third kappa shape index (κ3) is 8.17. The van der Waals surface area contributed by atoms with Crippen molar-refractivity contribution in [2.75, 3.05) is 37.1 Å². The van der Waals surface area contributed by atoms with Gasteiger partial charge in [-0.1, -0.05) is 17.7 Å². The molecule has 1 N–H and O–H groups in total. The van der Waals surface area contributed by atoms with Gasteiger partial charge < -0.3 is 19.5 Å². The molecule has 262 valence electrons. The van der Waals surface area contributed by atoms with Crippen molar-refractivity contribution in [1.29, 1.82) is 0 Å². The van der Waals surface area contributed by atoms with Crippen molar-refractivity contribution < 1.29 is 22.6 Å². The number of ether oxygens (including phenoxy) is 3. The number of rotatable bonds is 13. The molecular formula is C33H42ClN9O5S. The minimum atomic E-state index is -3.20. The van der Waals surface area contributed by atoms with Gasteiger partial charge in [-0.15, -0.1) is 5.10 Å². The number of fused-ring (bicyclic) bond motifs is 2. The van der Waals surface area contributed by atoms with Crippen LogP contribution in [0.4, 0.5) is 11.6 Å². The highest BCUT2D eigenvalue weighted by molar-refractivity contribution is 7.90. The first-order chi connectivity index (χ1) is 23.7. The zero-order valence-corrected chi connectivity index (χ0v) is 29.3. The van der Waals surface area contributed by atoms with Crippen LogP contribution in [0.15, 0.2) is 49.4 Å². The average Bonchev–Trinajstić information content (AvgIpc) is 3.80. The molecule has 0 radical (unpaired) electrons. The Balaban J connectivity index is 1.03. The van der Waals surface area contributed by atoms with E-state index in [-0.39, 0.29) is 24.5 Å². The molecule has 3 atom stereocenters. The molecule has 2 saturated heterocycles. The molecule has 16 heteroatoms. The summed E-state index contributed by atoms with van der Waals surface area (Å²) < 4.78 is 45.1. The van der Waals surface area contributed by atoms with Gasteiger partial charge in [-0.05, 0) is 63.1 Å². The maximum atomic E-state index is 11.8. The van der Waals surface area contributed by atoms with Crippen LogP contribution in [0.25, 0.3) is 11.1 Å². The van der Waals surface area contributed by atoms with Crippen molar-refractivity contribution in [2.24, 2.45) is 0 Å². The van der Waals surface area contributed by atoms with E-state index in [1.807, 2.05) is 29.9 Å². The summed E-state index contributed by atoms with van der Waals surface area (Å²) in [6.45, 7) is 4.16. The fraction of sp³-hybridized carbons (Fsp3) is 0.545. The Morgan fingerprint density at radius 1 is 1.02 bits per heavy atom. The zero-order chi connectivity index (χ0) is 34.0. The summed E-state index contributed by atoms with van der Waals surface area (Å²) in [5.74, 6) is 1.12. The molecule has 5 heterocycles. The monoisotopic (exact) mass is 711 g/mol. The fourth-order valence-electron chi connectivity index (χ4n) is 7.20. The van der Waals surface area contributed by atoms with Crippen LogP contribution in [0.2, 0.25) is 5.02 Å². The van der Waals surface area contributed by atoms with Crippen LogP contribution in [-0.2, 0) is 21.1 Å². The number of hydrogen-bond donors (Lipinski definition) is 1. The molecule has 3 aromatic heterocycles. The normalized spacial score (nSPS) is 23.3. The van der Waals surface area contributed by atoms with Crippen molar-refractivity contribution in [1.82, 2.24) is 39.4 Å². The summed E-state index contributed by atoms with van der Waals surface area (Å²) in [6, 6.07) is 7.44. The molecule has 0 spiro atoms. The minimum Gasteiger partial charge on any atom is -0.487 e. The lowest BCUT2D eigenvalue weighted by atomic mass is 9.89. The number of nitrogens with one attached hydrogen (secondary N) is 1. The summed E-state index contributed by atoms with van der Waals surface area (Å²) in [4.78, 5) is 15.8.